The molecule has 3 aromatic heterocycles. The van der Waals surface area contributed by atoms with Gasteiger partial charge in [-0.1, -0.05) is 64.1 Å². The summed E-state index contributed by atoms with van der Waals surface area (Å²) in [5.41, 5.74) is 13.6. The maximum Gasteiger partial charge on any atom is 1.00 e. The number of benzene rings is 2. The molecule has 9 rings (SSSR count). The Morgan fingerprint density at radius 1 is 0.985 bits per heavy atom. The molecule has 0 radical (unpaired) electrons. The van der Waals surface area contributed by atoms with Gasteiger partial charge in [0, 0.05) is 75.4 Å². The van der Waals surface area contributed by atoms with Gasteiger partial charge in [-0.15, -0.1) is 21.5 Å². The van der Waals surface area contributed by atoms with E-state index < -0.39 is 0 Å². The number of likely N-dealkylation sites (tertiary alicyclic amines) is 2. The molecule has 3 unspecified atom stereocenters. The van der Waals surface area contributed by atoms with Crippen molar-refractivity contribution in [2.75, 3.05) is 76.3 Å². The zero-order chi connectivity index (χ0) is 48.5. The maximum atomic E-state index is 11.4. The number of nitrogens with one attached hydrogen (secondary N) is 1. The number of carbonyl (C=O) groups is 1. The number of aromatic hydroxyl groups is 1. The van der Waals surface area contributed by atoms with Crippen molar-refractivity contribution in [1.82, 2.24) is 35.0 Å². The number of rotatable bonds is 10. The second-order valence-corrected chi connectivity index (χ2v) is 18.3. The predicted molar refractivity (Wildman–Crippen MR) is 265 cm³/mol. The summed E-state index contributed by atoms with van der Waals surface area (Å²) in [5, 5.41) is 44.0. The first-order valence-corrected chi connectivity index (χ1v) is 24.6. The van der Waals surface area contributed by atoms with Crippen molar-refractivity contribution in [2.45, 2.75) is 104 Å². The number of hydrogen-bond acceptors (Lipinski definition) is 16. The van der Waals surface area contributed by atoms with E-state index in [0.29, 0.717) is 54.7 Å². The van der Waals surface area contributed by atoms with Crippen molar-refractivity contribution in [3.05, 3.63) is 83.7 Å². The number of carbonyl (C=O) groups excluding carboxylic acids is 1. The number of aromatic nitrogens is 4. The average Bonchev–Trinajstić information content (AvgIpc) is 4.14. The van der Waals surface area contributed by atoms with E-state index in [4.69, 9.17) is 20.1 Å². The standard InChI is InChI=1S/C26H33N7O3.C12H14N2S.C9H17NO2.C2H6.CH3O.K/c1-18-23-17-32(19-6-9-31(10-7-19)13-15-35-25-8-14-36-30-25)11-12-33(23)22-16-21(28-29-26(22)27-18)20-4-2-3-5-24(20)34;1-8(13)10-3-5-11(6-4-10)12-9(2)14-7-15-12;1-7(2)5-9(12)10-4-3-8(11)6-10;2*1-2;/h2-5,8,14,16,18-19,23,34H,6-7,9-13,15,17H2,1H3,(H,27,29);3-8H,13H2,1-2H3;7-8,11H,3-6H2,1-2H3;1-2H3;1H3;/q;;;;-1;+1/t;8-;;;;/m.0..../s1. The first kappa shape index (κ1) is 57.0. The molecule has 5 N–H and O–H groups in total. The number of aliphatic hydroxyl groups excluding tert-OH is 1. The number of hydrogen-bond donors (Lipinski definition) is 4. The second-order valence-electron chi connectivity index (χ2n) is 17.5. The fourth-order valence-corrected chi connectivity index (χ4v) is 9.57. The Labute approximate surface area is 450 Å². The molecule has 0 saturated carbocycles. The number of nitrogens with two attached hydrogens (primary N) is 1. The van der Waals surface area contributed by atoms with Gasteiger partial charge < -0.3 is 45.4 Å². The van der Waals surface area contributed by atoms with Crippen LogP contribution in [-0.4, -0.2) is 141 Å². The maximum absolute atomic E-state index is 11.4. The predicted octanol–water partition coefficient (Wildman–Crippen LogP) is 3.46. The molecule has 7 heterocycles. The fraction of sp³-hybridized carbons (Fsp3) is 0.540. The fourth-order valence-electron chi connectivity index (χ4n) is 8.76. The van der Waals surface area contributed by atoms with Gasteiger partial charge in [-0.2, -0.15) is 7.11 Å². The van der Waals surface area contributed by atoms with Crippen LogP contribution in [0.3, 0.4) is 0 Å². The minimum atomic E-state index is -0.291. The first-order valence-electron chi connectivity index (χ1n) is 23.7. The number of thiazole rings is 1. The summed E-state index contributed by atoms with van der Waals surface area (Å²) in [6, 6.07) is 20.8. The molecular formula is C50H73KN10O6S. The van der Waals surface area contributed by atoms with Crippen LogP contribution in [-0.2, 0) is 4.79 Å². The van der Waals surface area contributed by atoms with E-state index in [1.807, 2.05) is 65.3 Å². The third-order valence-corrected chi connectivity index (χ3v) is 13.3. The summed E-state index contributed by atoms with van der Waals surface area (Å²) in [6.45, 7) is 22.3. The zero-order valence-corrected chi connectivity index (χ0v) is 45.6. The van der Waals surface area contributed by atoms with Crippen LogP contribution in [0.1, 0.15) is 84.5 Å². The van der Waals surface area contributed by atoms with Gasteiger partial charge in [0.25, 0.3) is 5.88 Å². The van der Waals surface area contributed by atoms with Gasteiger partial charge in [0.2, 0.25) is 5.91 Å². The molecule has 2 aromatic carbocycles. The van der Waals surface area contributed by atoms with Crippen molar-refractivity contribution in [2.24, 2.45) is 11.7 Å². The van der Waals surface area contributed by atoms with Crippen molar-refractivity contribution in [3.63, 3.8) is 0 Å². The number of anilines is 2. The molecule has 1 amide bonds. The molecule has 0 aliphatic carbocycles. The van der Waals surface area contributed by atoms with Crippen LogP contribution in [0.15, 0.2) is 77.0 Å². The summed E-state index contributed by atoms with van der Waals surface area (Å²) in [5.74, 6) is 2.20. The van der Waals surface area contributed by atoms with E-state index in [0.717, 1.165) is 76.5 Å². The number of para-hydroxylation sites is 1. The van der Waals surface area contributed by atoms with Crippen molar-refractivity contribution < 1.29 is 80.8 Å². The minimum absolute atomic E-state index is 0. The molecule has 68 heavy (non-hydrogen) atoms. The van der Waals surface area contributed by atoms with Crippen molar-refractivity contribution in [3.8, 4) is 33.3 Å². The van der Waals surface area contributed by atoms with Gasteiger partial charge in [0.1, 0.15) is 18.6 Å². The Bertz CT molecular complexity index is 2210. The summed E-state index contributed by atoms with van der Waals surface area (Å²) < 4.78 is 10.5. The third kappa shape index (κ3) is 16.0. The Kier molecular flexibility index (Phi) is 24.3. The minimum Gasteiger partial charge on any atom is -0.857 e. The van der Waals surface area contributed by atoms with Gasteiger partial charge in [-0.05, 0) is 93.5 Å². The number of fused-ring (bicyclic) bond motifs is 3. The molecular weight excluding hydrogens is 908 g/mol. The summed E-state index contributed by atoms with van der Waals surface area (Å²) >= 11 is 1.67. The number of ether oxygens (including phenoxy) is 1. The van der Waals surface area contributed by atoms with E-state index in [1.54, 1.807) is 28.4 Å². The number of piperidine rings is 1. The number of β-amino-alcohol motifs (C(OH)–C–C–N with tert-alkyl or cyclic N) is 1. The van der Waals surface area contributed by atoms with Crippen molar-refractivity contribution in [1.29, 1.82) is 0 Å². The Morgan fingerprint density at radius 3 is 2.31 bits per heavy atom. The second kappa shape index (κ2) is 29.0. The van der Waals surface area contributed by atoms with E-state index >= 15 is 0 Å². The Morgan fingerprint density at radius 2 is 1.71 bits per heavy atom. The Balaban J connectivity index is 0.000000260. The van der Waals surface area contributed by atoms with E-state index in [9.17, 15) is 15.0 Å². The summed E-state index contributed by atoms with van der Waals surface area (Å²) in [6.07, 6.45) is 4.94. The Hall–Kier alpha value is -3.53. The van der Waals surface area contributed by atoms with E-state index in [-0.39, 0.29) is 81.2 Å². The third-order valence-electron chi connectivity index (χ3n) is 12.3. The van der Waals surface area contributed by atoms with Crippen molar-refractivity contribution >= 4 is 28.7 Å². The quantitative estimate of drug-likeness (QED) is 0.148. The molecule has 3 saturated heterocycles. The molecule has 366 valence electrons. The number of amides is 1. The monoisotopic (exact) mass is 981 g/mol. The number of aliphatic hydroxyl groups is 1. The molecule has 16 nitrogen and oxygen atoms in total. The SMILES string of the molecule is CC.CC(C)CC(=O)N1CCC(O)C1.CC1Nc2nnc(-c3ccccc3O)cc2N2CCN(C3CCN(CCOc4ccon4)CC3)CC12.C[O-].Cc1ncsc1-c1ccc([C@H](C)N)cc1.[K+]. The normalized spacial score (nSPS) is 19.4. The van der Waals surface area contributed by atoms with Gasteiger partial charge in [0.15, 0.2) is 5.82 Å². The van der Waals surface area contributed by atoms with Crippen LogP contribution in [0, 0.1) is 12.8 Å². The van der Waals surface area contributed by atoms with Crippen LogP contribution in [0.2, 0.25) is 0 Å². The van der Waals surface area contributed by atoms with Gasteiger partial charge in [0.05, 0.1) is 39.6 Å². The van der Waals surface area contributed by atoms with Gasteiger partial charge in [-0.25, -0.2) is 4.98 Å². The van der Waals surface area contributed by atoms with Gasteiger partial charge in [-0.3, -0.25) is 14.6 Å². The number of aryl methyl sites for hydroxylation is 1. The topological polar surface area (TPSA) is 206 Å². The van der Waals surface area contributed by atoms with Crippen LogP contribution >= 0.6 is 11.3 Å². The van der Waals surface area contributed by atoms with Gasteiger partial charge >= 0.3 is 51.4 Å². The number of phenolic OH excluding ortho intramolecular Hbond substituents is 1. The first-order chi connectivity index (χ1) is 32.4. The number of phenols is 1. The summed E-state index contributed by atoms with van der Waals surface area (Å²) in [7, 11) is 0.750. The molecule has 3 fully saturated rings. The molecule has 0 spiro atoms. The molecule has 0 bridgehead atoms. The van der Waals surface area contributed by atoms with Crippen LogP contribution in [0.4, 0.5) is 11.5 Å². The number of piperazine rings is 1. The molecule has 4 aliphatic heterocycles. The van der Waals surface area contributed by atoms with Crippen LogP contribution in [0.25, 0.3) is 21.7 Å². The van der Waals surface area contributed by atoms with Crippen LogP contribution < -0.4 is 77.2 Å². The smallest absolute Gasteiger partial charge is 0.857 e. The molecule has 18 heteroatoms. The number of nitrogens with zero attached hydrogens (tertiary/aromatic N) is 8. The molecule has 4 aliphatic rings. The average molecular weight is 981 g/mol. The van der Waals surface area contributed by atoms with E-state index in [1.165, 1.54) is 35.1 Å². The zero-order valence-electron chi connectivity index (χ0n) is 41.7. The summed E-state index contributed by atoms with van der Waals surface area (Å²) in [4.78, 5) is 26.3. The largest absolute Gasteiger partial charge is 1.00 e. The van der Waals surface area contributed by atoms with Crippen LogP contribution in [0.5, 0.6) is 11.6 Å². The molecule has 4 atom stereocenters. The molecule has 5 aromatic rings. The van der Waals surface area contributed by atoms with E-state index in [2.05, 4.69) is 77.6 Å².